The lowest BCUT2D eigenvalue weighted by molar-refractivity contribution is -0.123. The highest BCUT2D eigenvalue weighted by atomic mass is 16.5. The van der Waals surface area contributed by atoms with Crippen LogP contribution < -0.4 is 14.9 Å². The predicted molar refractivity (Wildman–Crippen MR) is 116 cm³/mol. The number of carbonyl (C=O) groups excluding carboxylic acids is 2. The Morgan fingerprint density at radius 3 is 2.42 bits per heavy atom. The van der Waals surface area contributed by atoms with Crippen molar-refractivity contribution in [1.29, 1.82) is 0 Å². The molecule has 0 radical (unpaired) electrons. The van der Waals surface area contributed by atoms with E-state index in [1.165, 1.54) is 24.1 Å². The fraction of sp³-hybridized carbons (Fsp3) is 0.208. The zero-order chi connectivity index (χ0) is 22.1. The molecule has 0 bridgehead atoms. The Hall–Kier alpha value is -3.87. The number of esters is 1. The highest BCUT2D eigenvalue weighted by Gasteiger charge is 2.11. The van der Waals surface area contributed by atoms with E-state index in [0.717, 1.165) is 12.0 Å². The minimum Gasteiger partial charge on any atom is -0.484 e. The molecular weight excluding hydrogens is 396 g/mol. The van der Waals surface area contributed by atoms with Crippen LogP contribution in [-0.2, 0) is 4.79 Å². The molecule has 0 saturated carbocycles. The van der Waals surface area contributed by atoms with Crippen LogP contribution in [0.3, 0.4) is 0 Å². The average molecular weight is 420 g/mol. The Labute approximate surface area is 180 Å². The standard InChI is InChI=1S/C24H24N2O5/c1-3-17(2)19-8-12-20(13-9-19)30-16-23(27)26-25-15-18-6-10-21(11-7-18)31-24(28)22-5-4-14-29-22/h4-15,17H,3,16H2,1-2H3,(H,26,27)/t17-/m0/s1. The maximum absolute atomic E-state index is 11.9. The molecule has 31 heavy (non-hydrogen) atoms. The summed E-state index contributed by atoms with van der Waals surface area (Å²) in [6.45, 7) is 4.18. The van der Waals surface area contributed by atoms with Gasteiger partial charge in [0, 0.05) is 0 Å². The fourth-order valence-electron chi connectivity index (χ4n) is 2.66. The maximum Gasteiger partial charge on any atom is 0.379 e. The average Bonchev–Trinajstić information content (AvgIpc) is 3.34. The van der Waals surface area contributed by atoms with E-state index in [1.807, 2.05) is 24.3 Å². The molecule has 0 spiro atoms. The molecule has 0 saturated heterocycles. The molecule has 0 aliphatic carbocycles. The van der Waals surface area contributed by atoms with Crippen LogP contribution in [0.4, 0.5) is 0 Å². The molecule has 0 unspecified atom stereocenters. The molecule has 7 heteroatoms. The molecule has 1 atom stereocenters. The Morgan fingerprint density at radius 1 is 1.06 bits per heavy atom. The molecule has 1 amide bonds. The van der Waals surface area contributed by atoms with E-state index in [2.05, 4.69) is 24.4 Å². The molecule has 1 N–H and O–H groups in total. The fourth-order valence-corrected chi connectivity index (χ4v) is 2.66. The maximum atomic E-state index is 11.9. The van der Waals surface area contributed by atoms with Crippen molar-refractivity contribution in [1.82, 2.24) is 5.43 Å². The molecule has 160 valence electrons. The molecule has 3 aromatic rings. The number of ether oxygens (including phenoxy) is 2. The lowest BCUT2D eigenvalue weighted by Gasteiger charge is -2.10. The minimum absolute atomic E-state index is 0.127. The van der Waals surface area contributed by atoms with Gasteiger partial charge in [-0.3, -0.25) is 4.79 Å². The molecule has 0 aliphatic rings. The van der Waals surface area contributed by atoms with E-state index in [-0.39, 0.29) is 18.3 Å². The molecule has 1 heterocycles. The van der Waals surface area contributed by atoms with Crippen molar-refractivity contribution in [3.05, 3.63) is 83.8 Å². The number of amides is 1. The van der Waals surface area contributed by atoms with Crippen molar-refractivity contribution in [2.24, 2.45) is 5.10 Å². The summed E-state index contributed by atoms with van der Waals surface area (Å²) in [7, 11) is 0. The number of nitrogens with zero attached hydrogens (tertiary/aromatic N) is 1. The summed E-state index contributed by atoms with van der Waals surface area (Å²) in [4.78, 5) is 23.7. The van der Waals surface area contributed by atoms with Crippen molar-refractivity contribution < 1.29 is 23.5 Å². The number of hydrazone groups is 1. The first-order valence-corrected chi connectivity index (χ1v) is 9.95. The Kier molecular flexibility index (Phi) is 7.59. The summed E-state index contributed by atoms with van der Waals surface area (Å²) >= 11 is 0. The van der Waals surface area contributed by atoms with Crippen LogP contribution in [0.2, 0.25) is 0 Å². The van der Waals surface area contributed by atoms with Crippen molar-refractivity contribution >= 4 is 18.1 Å². The monoisotopic (exact) mass is 420 g/mol. The first kappa shape index (κ1) is 21.8. The number of hydrogen-bond acceptors (Lipinski definition) is 6. The SMILES string of the molecule is CC[C@H](C)c1ccc(OCC(=O)NN=Cc2ccc(OC(=O)c3ccco3)cc2)cc1. The molecule has 7 nitrogen and oxygen atoms in total. The van der Waals surface area contributed by atoms with Gasteiger partial charge in [-0.1, -0.05) is 26.0 Å². The topological polar surface area (TPSA) is 90.1 Å². The summed E-state index contributed by atoms with van der Waals surface area (Å²) in [6, 6.07) is 17.5. The van der Waals surface area contributed by atoms with Crippen LogP contribution in [0.25, 0.3) is 0 Å². The van der Waals surface area contributed by atoms with Gasteiger partial charge >= 0.3 is 5.97 Å². The summed E-state index contributed by atoms with van der Waals surface area (Å²) in [5.74, 6) is 0.673. The Balaban J connectivity index is 1.42. The second kappa shape index (κ2) is 10.8. The molecule has 0 aliphatic heterocycles. The Bertz CT molecular complexity index is 1010. The lowest BCUT2D eigenvalue weighted by atomic mass is 9.99. The van der Waals surface area contributed by atoms with Crippen molar-refractivity contribution in [2.75, 3.05) is 6.61 Å². The Morgan fingerprint density at radius 2 is 1.77 bits per heavy atom. The molecule has 2 aromatic carbocycles. The molecule has 3 rings (SSSR count). The van der Waals surface area contributed by atoms with Gasteiger partial charge in [-0.05, 0) is 72.0 Å². The van der Waals surface area contributed by atoms with Crippen molar-refractivity contribution in [3.63, 3.8) is 0 Å². The van der Waals surface area contributed by atoms with Gasteiger partial charge in [-0.15, -0.1) is 0 Å². The number of rotatable bonds is 9. The first-order chi connectivity index (χ1) is 15.0. The van der Waals surface area contributed by atoms with Crippen molar-refractivity contribution in [2.45, 2.75) is 26.2 Å². The van der Waals surface area contributed by atoms with Crippen LogP contribution >= 0.6 is 0 Å². The second-order valence-electron chi connectivity index (χ2n) is 6.90. The summed E-state index contributed by atoms with van der Waals surface area (Å²) in [5.41, 5.74) is 4.38. The van der Waals surface area contributed by atoms with E-state index in [1.54, 1.807) is 30.3 Å². The summed E-state index contributed by atoms with van der Waals surface area (Å²) in [5, 5.41) is 3.91. The third kappa shape index (κ3) is 6.57. The minimum atomic E-state index is -0.576. The van der Waals surface area contributed by atoms with Gasteiger partial charge in [0.25, 0.3) is 5.91 Å². The van der Waals surface area contributed by atoms with E-state index in [0.29, 0.717) is 17.4 Å². The van der Waals surface area contributed by atoms with E-state index >= 15 is 0 Å². The van der Waals surface area contributed by atoms with E-state index in [9.17, 15) is 9.59 Å². The summed E-state index contributed by atoms with van der Waals surface area (Å²) < 4.78 is 15.7. The molecule has 0 fully saturated rings. The highest BCUT2D eigenvalue weighted by molar-refractivity contribution is 5.88. The number of benzene rings is 2. The van der Waals surface area contributed by atoms with Crippen molar-refractivity contribution in [3.8, 4) is 11.5 Å². The number of carbonyl (C=O) groups is 2. The third-order valence-corrected chi connectivity index (χ3v) is 4.65. The number of nitrogens with one attached hydrogen (secondary N) is 1. The van der Waals surface area contributed by atoms with Gasteiger partial charge in [-0.2, -0.15) is 5.10 Å². The van der Waals surface area contributed by atoms with E-state index < -0.39 is 5.97 Å². The smallest absolute Gasteiger partial charge is 0.379 e. The number of hydrogen-bond donors (Lipinski definition) is 1. The van der Waals surface area contributed by atoms with Gasteiger partial charge in [0.15, 0.2) is 6.61 Å². The normalized spacial score (nSPS) is 11.8. The predicted octanol–water partition coefficient (Wildman–Crippen LogP) is 4.54. The van der Waals surface area contributed by atoms with E-state index in [4.69, 9.17) is 13.9 Å². The first-order valence-electron chi connectivity index (χ1n) is 9.95. The zero-order valence-corrected chi connectivity index (χ0v) is 17.4. The number of furan rings is 1. The van der Waals surface area contributed by atoms with Crippen LogP contribution in [-0.4, -0.2) is 24.7 Å². The van der Waals surface area contributed by atoms with Gasteiger partial charge in [-0.25, -0.2) is 10.2 Å². The molecule has 1 aromatic heterocycles. The highest BCUT2D eigenvalue weighted by Crippen LogP contribution is 2.21. The van der Waals surface area contributed by atoms with Crippen LogP contribution in [0, 0.1) is 0 Å². The quantitative estimate of drug-likeness (QED) is 0.238. The zero-order valence-electron chi connectivity index (χ0n) is 17.4. The third-order valence-electron chi connectivity index (χ3n) is 4.65. The van der Waals surface area contributed by atoms with Crippen LogP contribution in [0.15, 0.2) is 76.4 Å². The van der Waals surface area contributed by atoms with Gasteiger partial charge < -0.3 is 13.9 Å². The van der Waals surface area contributed by atoms with Crippen LogP contribution in [0.5, 0.6) is 11.5 Å². The van der Waals surface area contributed by atoms with Crippen LogP contribution in [0.1, 0.15) is 47.9 Å². The molecular formula is C24H24N2O5. The second-order valence-corrected chi connectivity index (χ2v) is 6.90. The lowest BCUT2D eigenvalue weighted by Crippen LogP contribution is -2.24. The van der Waals surface area contributed by atoms with Gasteiger partial charge in [0.05, 0.1) is 12.5 Å². The van der Waals surface area contributed by atoms with Gasteiger partial charge in [0.2, 0.25) is 5.76 Å². The summed E-state index contributed by atoms with van der Waals surface area (Å²) in [6.07, 6.45) is 3.95. The van der Waals surface area contributed by atoms with Gasteiger partial charge in [0.1, 0.15) is 11.5 Å². The largest absolute Gasteiger partial charge is 0.484 e.